The maximum atomic E-state index is 5.37. The second-order valence-electron chi connectivity index (χ2n) is 4.20. The van der Waals surface area contributed by atoms with Crippen molar-refractivity contribution in [3.8, 4) is 17.3 Å². The Balaban J connectivity index is 2.13. The highest BCUT2D eigenvalue weighted by molar-refractivity contribution is 5.56. The van der Waals surface area contributed by atoms with E-state index in [4.69, 9.17) is 4.74 Å². The second-order valence-corrected chi connectivity index (χ2v) is 4.20. The molecule has 86 valence electrons. The molecule has 1 heterocycles. The van der Waals surface area contributed by atoms with Crippen LogP contribution in [0, 0.1) is 0 Å². The van der Waals surface area contributed by atoms with Gasteiger partial charge in [0.1, 0.15) is 0 Å². The van der Waals surface area contributed by atoms with Crippen LogP contribution in [-0.4, -0.2) is 17.1 Å². The molecule has 0 amide bonds. The summed E-state index contributed by atoms with van der Waals surface area (Å²) >= 11 is 0. The van der Waals surface area contributed by atoms with Crippen molar-refractivity contribution >= 4 is 0 Å². The van der Waals surface area contributed by atoms with E-state index in [9.17, 15) is 0 Å². The molecule has 0 unspecified atom stereocenters. The van der Waals surface area contributed by atoms with Crippen LogP contribution in [0.1, 0.15) is 17.7 Å². The van der Waals surface area contributed by atoms with Crippen molar-refractivity contribution < 1.29 is 4.74 Å². The van der Waals surface area contributed by atoms with Crippen LogP contribution >= 0.6 is 0 Å². The Morgan fingerprint density at radius 2 is 1.88 bits per heavy atom. The monoisotopic (exact) mass is 226 g/mol. The molecule has 3 heteroatoms. The number of aryl methyl sites for hydroxylation is 1. The minimum absolute atomic E-state index is 0.742. The van der Waals surface area contributed by atoms with Crippen LogP contribution in [0.5, 0.6) is 5.88 Å². The van der Waals surface area contributed by atoms with E-state index in [1.807, 2.05) is 30.3 Å². The first kappa shape index (κ1) is 10.3. The van der Waals surface area contributed by atoms with Crippen molar-refractivity contribution in [3.05, 3.63) is 41.6 Å². The Bertz CT molecular complexity index is 537. The van der Waals surface area contributed by atoms with Crippen molar-refractivity contribution in [2.75, 3.05) is 7.11 Å². The summed E-state index contributed by atoms with van der Waals surface area (Å²) in [6, 6.07) is 10.0. The molecule has 1 aliphatic carbocycles. The van der Waals surface area contributed by atoms with Gasteiger partial charge in [0.25, 0.3) is 0 Å². The van der Waals surface area contributed by atoms with E-state index in [0.717, 1.165) is 42.2 Å². The summed E-state index contributed by atoms with van der Waals surface area (Å²) in [5.74, 6) is 1.51. The van der Waals surface area contributed by atoms with Crippen LogP contribution < -0.4 is 4.74 Å². The Hall–Kier alpha value is -1.90. The summed E-state index contributed by atoms with van der Waals surface area (Å²) in [6.07, 6.45) is 3.22. The van der Waals surface area contributed by atoms with Crippen LogP contribution in [0.2, 0.25) is 0 Å². The Morgan fingerprint density at radius 3 is 2.65 bits per heavy atom. The van der Waals surface area contributed by atoms with Gasteiger partial charge < -0.3 is 4.74 Å². The molecule has 3 nitrogen and oxygen atoms in total. The first-order valence-corrected chi connectivity index (χ1v) is 5.87. The van der Waals surface area contributed by atoms with Gasteiger partial charge in [0, 0.05) is 11.1 Å². The molecule has 17 heavy (non-hydrogen) atoms. The highest BCUT2D eigenvalue weighted by atomic mass is 16.5. The number of benzene rings is 1. The number of rotatable bonds is 2. The quantitative estimate of drug-likeness (QED) is 0.789. The summed E-state index contributed by atoms with van der Waals surface area (Å²) in [5.41, 5.74) is 3.38. The highest BCUT2D eigenvalue weighted by Gasteiger charge is 2.20. The van der Waals surface area contributed by atoms with Crippen LogP contribution in [0.25, 0.3) is 11.4 Å². The summed E-state index contributed by atoms with van der Waals surface area (Å²) in [7, 11) is 1.68. The molecule has 0 saturated carbocycles. The van der Waals surface area contributed by atoms with Crippen LogP contribution in [0.15, 0.2) is 30.3 Å². The van der Waals surface area contributed by atoms with E-state index in [2.05, 4.69) is 9.97 Å². The van der Waals surface area contributed by atoms with Gasteiger partial charge in [-0.2, -0.15) is 4.98 Å². The fourth-order valence-electron chi connectivity index (χ4n) is 2.28. The van der Waals surface area contributed by atoms with E-state index in [0.29, 0.717) is 0 Å². The average molecular weight is 226 g/mol. The van der Waals surface area contributed by atoms with Gasteiger partial charge in [-0.25, -0.2) is 4.98 Å². The van der Waals surface area contributed by atoms with Gasteiger partial charge in [0.2, 0.25) is 5.88 Å². The molecule has 3 rings (SSSR count). The summed E-state index contributed by atoms with van der Waals surface area (Å²) in [6.45, 7) is 0. The van der Waals surface area contributed by atoms with Gasteiger partial charge in [0.05, 0.1) is 12.8 Å². The maximum Gasteiger partial charge on any atom is 0.220 e. The van der Waals surface area contributed by atoms with E-state index in [1.165, 1.54) is 5.56 Å². The first-order valence-electron chi connectivity index (χ1n) is 5.87. The van der Waals surface area contributed by atoms with Gasteiger partial charge in [-0.3, -0.25) is 0 Å². The summed E-state index contributed by atoms with van der Waals surface area (Å²) in [5, 5.41) is 0. The van der Waals surface area contributed by atoms with E-state index in [1.54, 1.807) is 7.11 Å². The minimum atomic E-state index is 0.742. The number of aromatic nitrogens is 2. The Morgan fingerprint density at radius 1 is 1.06 bits per heavy atom. The number of hydrogen-bond donors (Lipinski definition) is 0. The van der Waals surface area contributed by atoms with Gasteiger partial charge in [-0.05, 0) is 19.3 Å². The molecular formula is C14H14N2O. The largest absolute Gasteiger partial charge is 0.481 e. The fraction of sp³-hybridized carbons (Fsp3) is 0.286. The fourth-order valence-corrected chi connectivity index (χ4v) is 2.28. The van der Waals surface area contributed by atoms with Crippen LogP contribution in [0.4, 0.5) is 0 Å². The third-order valence-corrected chi connectivity index (χ3v) is 3.12. The average Bonchev–Trinajstić information content (AvgIpc) is 2.86. The predicted octanol–water partition coefficient (Wildman–Crippen LogP) is 2.64. The standard InChI is InChI=1S/C14H14N2O/c1-17-14-11-8-5-9-12(11)15-13(16-14)10-6-3-2-4-7-10/h2-4,6-7H,5,8-9H2,1H3. The molecule has 0 spiro atoms. The number of nitrogens with zero attached hydrogens (tertiary/aromatic N) is 2. The number of fused-ring (bicyclic) bond motifs is 1. The lowest BCUT2D eigenvalue weighted by Crippen LogP contribution is -2.00. The molecular weight excluding hydrogens is 212 g/mol. The van der Waals surface area contributed by atoms with Crippen molar-refractivity contribution in [2.24, 2.45) is 0 Å². The van der Waals surface area contributed by atoms with Gasteiger partial charge in [0.15, 0.2) is 5.82 Å². The topological polar surface area (TPSA) is 35.0 Å². The molecule has 1 aromatic carbocycles. The molecule has 1 aromatic heterocycles. The Kier molecular flexibility index (Phi) is 2.52. The van der Waals surface area contributed by atoms with Gasteiger partial charge >= 0.3 is 0 Å². The lowest BCUT2D eigenvalue weighted by Gasteiger charge is -2.08. The zero-order chi connectivity index (χ0) is 11.7. The van der Waals surface area contributed by atoms with Crippen molar-refractivity contribution in [1.82, 2.24) is 9.97 Å². The van der Waals surface area contributed by atoms with Crippen LogP contribution in [-0.2, 0) is 12.8 Å². The lowest BCUT2D eigenvalue weighted by atomic mass is 10.2. The maximum absolute atomic E-state index is 5.37. The van der Waals surface area contributed by atoms with Crippen molar-refractivity contribution in [1.29, 1.82) is 0 Å². The third kappa shape index (κ3) is 1.78. The SMILES string of the molecule is COc1nc(-c2ccccc2)nc2c1CCC2. The molecule has 0 bridgehead atoms. The van der Waals surface area contributed by atoms with Crippen molar-refractivity contribution in [3.63, 3.8) is 0 Å². The smallest absolute Gasteiger partial charge is 0.220 e. The first-order chi connectivity index (χ1) is 8.38. The van der Waals surface area contributed by atoms with E-state index >= 15 is 0 Å². The zero-order valence-electron chi connectivity index (χ0n) is 9.81. The Labute approximate surface area is 100 Å². The zero-order valence-corrected chi connectivity index (χ0v) is 9.81. The normalized spacial score (nSPS) is 13.5. The summed E-state index contributed by atoms with van der Waals surface area (Å²) < 4.78 is 5.37. The molecule has 0 atom stereocenters. The molecule has 0 N–H and O–H groups in total. The molecule has 0 fully saturated rings. The molecule has 0 radical (unpaired) electrons. The summed E-state index contributed by atoms with van der Waals surface area (Å²) in [4.78, 5) is 9.14. The number of ether oxygens (including phenoxy) is 1. The number of hydrogen-bond acceptors (Lipinski definition) is 3. The molecule has 0 saturated heterocycles. The second kappa shape index (κ2) is 4.17. The molecule has 2 aromatic rings. The van der Waals surface area contributed by atoms with Crippen LogP contribution in [0.3, 0.4) is 0 Å². The van der Waals surface area contributed by atoms with Crippen molar-refractivity contribution in [2.45, 2.75) is 19.3 Å². The number of methoxy groups -OCH3 is 1. The molecule has 0 aliphatic heterocycles. The highest BCUT2D eigenvalue weighted by Crippen LogP contribution is 2.30. The van der Waals surface area contributed by atoms with E-state index in [-0.39, 0.29) is 0 Å². The van der Waals surface area contributed by atoms with Gasteiger partial charge in [-0.15, -0.1) is 0 Å². The minimum Gasteiger partial charge on any atom is -0.481 e. The molecule has 1 aliphatic rings. The predicted molar refractivity (Wildman–Crippen MR) is 66.0 cm³/mol. The van der Waals surface area contributed by atoms with E-state index < -0.39 is 0 Å². The third-order valence-electron chi connectivity index (χ3n) is 3.12. The lowest BCUT2D eigenvalue weighted by molar-refractivity contribution is 0.392. The van der Waals surface area contributed by atoms with Gasteiger partial charge in [-0.1, -0.05) is 30.3 Å².